The molecule has 0 saturated heterocycles. The third-order valence-corrected chi connectivity index (χ3v) is 4.27. The van der Waals surface area contributed by atoms with E-state index in [1.165, 1.54) is 13.2 Å². The molecule has 5 heteroatoms. The maximum Gasteiger partial charge on any atom is 0.193 e. The molecule has 0 aliphatic heterocycles. The fourth-order valence-electron chi connectivity index (χ4n) is 2.92. The first-order chi connectivity index (χ1) is 11.7. The Hall–Kier alpha value is -2.82. The van der Waals surface area contributed by atoms with Gasteiger partial charge in [0.05, 0.1) is 19.6 Å². The minimum atomic E-state index is -1.01. The maximum atomic E-state index is 12.7. The van der Waals surface area contributed by atoms with Crippen LogP contribution in [-0.4, -0.2) is 30.9 Å². The van der Waals surface area contributed by atoms with Gasteiger partial charge in [0.1, 0.15) is 22.8 Å². The minimum Gasteiger partial charge on any atom is -0.507 e. The van der Waals surface area contributed by atoms with E-state index in [0.29, 0.717) is 17.1 Å². The summed E-state index contributed by atoms with van der Waals surface area (Å²) in [6.07, 6.45) is 2.86. The summed E-state index contributed by atoms with van der Waals surface area (Å²) in [5, 5.41) is 10.3. The molecule has 0 radical (unpaired) electrons. The summed E-state index contributed by atoms with van der Waals surface area (Å²) in [6, 6.07) is 7.16. The van der Waals surface area contributed by atoms with Gasteiger partial charge in [-0.15, -0.1) is 0 Å². The Balaban J connectivity index is 2.40. The molecule has 1 aromatic carbocycles. The van der Waals surface area contributed by atoms with E-state index >= 15 is 0 Å². The number of hydrogen-bond acceptors (Lipinski definition) is 5. The zero-order valence-electron chi connectivity index (χ0n) is 15.0. The number of ketones is 2. The second-order valence-corrected chi connectivity index (χ2v) is 6.31. The number of allylic oxidation sites excluding steroid dienone is 4. The van der Waals surface area contributed by atoms with Gasteiger partial charge in [-0.2, -0.15) is 0 Å². The zero-order chi connectivity index (χ0) is 18.8. The van der Waals surface area contributed by atoms with E-state index in [2.05, 4.69) is 0 Å². The highest BCUT2D eigenvalue weighted by Gasteiger charge is 2.44. The molecule has 1 aromatic rings. The van der Waals surface area contributed by atoms with Crippen LogP contribution in [0.5, 0.6) is 5.75 Å². The molecule has 0 spiro atoms. The van der Waals surface area contributed by atoms with Crippen LogP contribution in [0.3, 0.4) is 0 Å². The lowest BCUT2D eigenvalue weighted by Crippen LogP contribution is -2.36. The molecule has 2 rings (SSSR count). The average molecular weight is 342 g/mol. The van der Waals surface area contributed by atoms with Crippen LogP contribution in [0.2, 0.25) is 0 Å². The van der Waals surface area contributed by atoms with Crippen LogP contribution in [0.4, 0.5) is 0 Å². The van der Waals surface area contributed by atoms with Crippen molar-refractivity contribution in [3.05, 3.63) is 58.6 Å². The van der Waals surface area contributed by atoms with E-state index in [9.17, 15) is 14.7 Å². The predicted octanol–water partition coefficient (Wildman–Crippen LogP) is 3.62. The number of benzene rings is 1. The summed E-state index contributed by atoms with van der Waals surface area (Å²) in [4.78, 5) is 25.3. The summed E-state index contributed by atoms with van der Waals surface area (Å²) in [5.74, 6) is -0.319. The highest BCUT2D eigenvalue weighted by molar-refractivity contribution is 6.28. The molecule has 0 bridgehead atoms. The second kappa shape index (κ2) is 6.97. The first-order valence-corrected chi connectivity index (χ1v) is 7.84. The van der Waals surface area contributed by atoms with Crippen LogP contribution < -0.4 is 4.74 Å². The number of aliphatic hydroxyl groups excluding tert-OH is 1. The monoisotopic (exact) mass is 342 g/mol. The normalized spacial score (nSPS) is 17.2. The number of carbonyl (C=O) groups excluding carboxylic acids is 2. The maximum absolute atomic E-state index is 12.7. The van der Waals surface area contributed by atoms with Crippen molar-refractivity contribution < 1.29 is 24.2 Å². The van der Waals surface area contributed by atoms with E-state index < -0.39 is 17.0 Å². The summed E-state index contributed by atoms with van der Waals surface area (Å²) < 4.78 is 10.4. The molecule has 132 valence electrons. The third-order valence-electron chi connectivity index (χ3n) is 4.27. The molecule has 0 fully saturated rings. The molecular formula is C20H22O5. The van der Waals surface area contributed by atoms with Crippen LogP contribution in [0, 0.1) is 5.41 Å². The second-order valence-electron chi connectivity index (χ2n) is 6.31. The highest BCUT2D eigenvalue weighted by atomic mass is 16.5. The van der Waals surface area contributed by atoms with Gasteiger partial charge in [0.25, 0.3) is 0 Å². The first kappa shape index (κ1) is 18.5. The Morgan fingerprint density at radius 3 is 2.48 bits per heavy atom. The molecule has 1 aliphatic rings. The summed E-state index contributed by atoms with van der Waals surface area (Å²) in [5.41, 5.74) is -0.0901. The van der Waals surface area contributed by atoms with E-state index in [1.807, 2.05) is 0 Å². The Kier molecular flexibility index (Phi) is 5.16. The Bertz CT molecular complexity index is 809. The van der Waals surface area contributed by atoms with Crippen LogP contribution in [0.1, 0.15) is 26.3 Å². The molecule has 0 amide bonds. The number of hydrogen-bond donors (Lipinski definition) is 1. The van der Waals surface area contributed by atoms with Gasteiger partial charge < -0.3 is 14.6 Å². The van der Waals surface area contributed by atoms with Gasteiger partial charge in [-0.05, 0) is 44.5 Å². The SMILES string of the molecule is COC1=C(C)C(O)=C(C(=O)C=Cc2cccc(OC)c2)C(=O)C1(C)C. The number of aliphatic hydroxyl groups is 1. The van der Waals surface area contributed by atoms with Gasteiger partial charge in [-0.3, -0.25) is 9.59 Å². The van der Waals surface area contributed by atoms with Crippen LogP contribution in [0.15, 0.2) is 53.0 Å². The van der Waals surface area contributed by atoms with Crippen molar-refractivity contribution in [3.8, 4) is 5.75 Å². The lowest BCUT2D eigenvalue weighted by Gasteiger charge is -2.31. The summed E-state index contributed by atoms with van der Waals surface area (Å²) in [7, 11) is 3.00. The lowest BCUT2D eigenvalue weighted by molar-refractivity contribution is -0.126. The highest BCUT2D eigenvalue weighted by Crippen LogP contribution is 2.40. The Morgan fingerprint density at radius 1 is 1.20 bits per heavy atom. The van der Waals surface area contributed by atoms with E-state index in [1.54, 1.807) is 58.2 Å². The van der Waals surface area contributed by atoms with Crippen molar-refractivity contribution in [2.24, 2.45) is 5.41 Å². The van der Waals surface area contributed by atoms with Gasteiger partial charge in [-0.25, -0.2) is 0 Å². The van der Waals surface area contributed by atoms with Crippen molar-refractivity contribution >= 4 is 17.6 Å². The topological polar surface area (TPSA) is 72.8 Å². The number of Topliss-reactive ketones (excluding diaryl/α,β-unsaturated/α-hetero) is 1. The lowest BCUT2D eigenvalue weighted by atomic mass is 9.74. The molecule has 0 unspecified atom stereocenters. The van der Waals surface area contributed by atoms with Crippen molar-refractivity contribution in [3.63, 3.8) is 0 Å². The molecular weight excluding hydrogens is 320 g/mol. The van der Waals surface area contributed by atoms with Crippen molar-refractivity contribution in [1.29, 1.82) is 0 Å². The largest absolute Gasteiger partial charge is 0.507 e. The number of carbonyl (C=O) groups is 2. The van der Waals surface area contributed by atoms with E-state index in [0.717, 1.165) is 5.56 Å². The fourth-order valence-corrected chi connectivity index (χ4v) is 2.92. The van der Waals surface area contributed by atoms with Crippen LogP contribution >= 0.6 is 0 Å². The Morgan fingerprint density at radius 2 is 1.88 bits per heavy atom. The van der Waals surface area contributed by atoms with Gasteiger partial charge in [0, 0.05) is 5.57 Å². The zero-order valence-corrected chi connectivity index (χ0v) is 15.0. The molecule has 1 N–H and O–H groups in total. The van der Waals surface area contributed by atoms with Gasteiger partial charge in [-0.1, -0.05) is 18.2 Å². The smallest absolute Gasteiger partial charge is 0.193 e. The number of rotatable bonds is 5. The summed E-state index contributed by atoms with van der Waals surface area (Å²) in [6.45, 7) is 4.97. The molecule has 0 aromatic heterocycles. The molecule has 0 heterocycles. The van der Waals surface area contributed by atoms with Gasteiger partial charge in [0.2, 0.25) is 0 Å². The minimum absolute atomic E-state index is 0.220. The molecule has 0 atom stereocenters. The number of ether oxygens (including phenoxy) is 2. The first-order valence-electron chi connectivity index (χ1n) is 7.84. The van der Waals surface area contributed by atoms with E-state index in [-0.39, 0.29) is 11.3 Å². The third kappa shape index (κ3) is 3.36. The molecule has 5 nitrogen and oxygen atoms in total. The molecule has 0 saturated carbocycles. The molecule has 1 aliphatic carbocycles. The van der Waals surface area contributed by atoms with Crippen molar-refractivity contribution in [2.45, 2.75) is 20.8 Å². The Labute approximate surface area is 147 Å². The number of methoxy groups -OCH3 is 2. The van der Waals surface area contributed by atoms with Gasteiger partial charge in [0.15, 0.2) is 11.6 Å². The van der Waals surface area contributed by atoms with E-state index in [4.69, 9.17) is 9.47 Å². The van der Waals surface area contributed by atoms with Crippen LogP contribution in [-0.2, 0) is 14.3 Å². The summed E-state index contributed by atoms with van der Waals surface area (Å²) >= 11 is 0. The molecule has 25 heavy (non-hydrogen) atoms. The van der Waals surface area contributed by atoms with Crippen LogP contribution in [0.25, 0.3) is 6.08 Å². The standard InChI is InChI=1S/C20H22O5/c1-12-17(22)16(18(23)20(2,3)19(12)25-5)15(21)10-9-13-7-6-8-14(11-13)24-4/h6-11,22H,1-5H3. The average Bonchev–Trinajstić information content (AvgIpc) is 2.59. The fraction of sp³-hybridized carbons (Fsp3) is 0.300. The van der Waals surface area contributed by atoms with Crippen molar-refractivity contribution in [2.75, 3.05) is 14.2 Å². The quantitative estimate of drug-likeness (QED) is 0.653. The van der Waals surface area contributed by atoms with Crippen molar-refractivity contribution in [1.82, 2.24) is 0 Å². The predicted molar refractivity (Wildman–Crippen MR) is 95.2 cm³/mol. The van der Waals surface area contributed by atoms with Gasteiger partial charge >= 0.3 is 0 Å².